The fraction of sp³-hybridized carbons (Fsp3) is 0.278. The Morgan fingerprint density at radius 3 is 2.42 bits per heavy atom. The summed E-state index contributed by atoms with van der Waals surface area (Å²) in [6.45, 7) is 3.91. The number of halogens is 1. The van der Waals surface area contributed by atoms with Gasteiger partial charge in [0.25, 0.3) is 11.8 Å². The van der Waals surface area contributed by atoms with Gasteiger partial charge < -0.3 is 10.6 Å². The zero-order valence-electron chi connectivity index (χ0n) is 13.7. The first-order valence-corrected chi connectivity index (χ1v) is 7.80. The van der Waals surface area contributed by atoms with Gasteiger partial charge in [0, 0.05) is 18.2 Å². The van der Waals surface area contributed by atoms with Crippen molar-refractivity contribution < 1.29 is 14.0 Å². The van der Waals surface area contributed by atoms with Crippen LogP contribution in [0.1, 0.15) is 46.8 Å². The van der Waals surface area contributed by atoms with E-state index in [4.69, 9.17) is 0 Å². The lowest BCUT2D eigenvalue weighted by Gasteiger charge is -2.11. The quantitative estimate of drug-likeness (QED) is 0.856. The minimum absolute atomic E-state index is 0.0258. The topological polar surface area (TPSA) is 71.1 Å². The summed E-state index contributed by atoms with van der Waals surface area (Å²) in [5.41, 5.74) is 0.675. The third-order valence-electron chi connectivity index (χ3n) is 3.60. The molecule has 0 spiro atoms. The van der Waals surface area contributed by atoms with Crippen molar-refractivity contribution in [2.75, 3.05) is 0 Å². The van der Waals surface area contributed by atoms with Crippen molar-refractivity contribution >= 4 is 11.8 Å². The van der Waals surface area contributed by atoms with Gasteiger partial charge in [0.2, 0.25) is 0 Å². The molecule has 2 N–H and O–H groups in total. The van der Waals surface area contributed by atoms with E-state index in [-0.39, 0.29) is 35.7 Å². The second kappa shape index (κ2) is 8.19. The number of amides is 2. The number of hydrogen-bond donors (Lipinski definition) is 2. The lowest BCUT2D eigenvalue weighted by atomic mass is 10.2. The summed E-state index contributed by atoms with van der Waals surface area (Å²) < 4.78 is 13.5. The highest BCUT2D eigenvalue weighted by Crippen LogP contribution is 2.06. The molecule has 5 nitrogen and oxygen atoms in total. The first-order chi connectivity index (χ1) is 11.5. The molecule has 2 rings (SSSR count). The van der Waals surface area contributed by atoms with Crippen LogP contribution in [0.3, 0.4) is 0 Å². The molecule has 1 unspecified atom stereocenters. The van der Waals surface area contributed by atoms with Gasteiger partial charge in [-0.1, -0.05) is 31.2 Å². The molecule has 2 amide bonds. The van der Waals surface area contributed by atoms with Crippen molar-refractivity contribution in [1.29, 1.82) is 0 Å². The number of benzene rings is 1. The maximum atomic E-state index is 13.5. The van der Waals surface area contributed by atoms with Crippen LogP contribution in [0, 0.1) is 5.82 Å². The van der Waals surface area contributed by atoms with E-state index in [1.165, 1.54) is 12.1 Å². The predicted molar refractivity (Wildman–Crippen MR) is 89.0 cm³/mol. The average Bonchev–Trinajstić information content (AvgIpc) is 2.60. The van der Waals surface area contributed by atoms with Crippen molar-refractivity contribution in [1.82, 2.24) is 15.6 Å². The zero-order chi connectivity index (χ0) is 17.5. The van der Waals surface area contributed by atoms with E-state index in [1.807, 2.05) is 13.8 Å². The zero-order valence-corrected chi connectivity index (χ0v) is 13.7. The molecule has 24 heavy (non-hydrogen) atoms. The Kier molecular flexibility index (Phi) is 6.01. The Hall–Kier alpha value is -2.76. The van der Waals surface area contributed by atoms with Gasteiger partial charge >= 0.3 is 0 Å². The summed E-state index contributed by atoms with van der Waals surface area (Å²) in [7, 11) is 0. The van der Waals surface area contributed by atoms with Crippen LogP contribution >= 0.6 is 0 Å². The van der Waals surface area contributed by atoms with Crippen LogP contribution in [0.4, 0.5) is 4.39 Å². The first-order valence-electron chi connectivity index (χ1n) is 7.80. The van der Waals surface area contributed by atoms with Crippen LogP contribution in [-0.2, 0) is 6.54 Å². The second-order valence-electron chi connectivity index (χ2n) is 5.46. The Labute approximate surface area is 140 Å². The summed E-state index contributed by atoms with van der Waals surface area (Å²) in [5.74, 6) is -1.17. The Morgan fingerprint density at radius 1 is 1.08 bits per heavy atom. The van der Waals surface area contributed by atoms with Crippen molar-refractivity contribution in [3.63, 3.8) is 0 Å². The molecule has 0 aliphatic rings. The molecule has 1 aromatic carbocycles. The Morgan fingerprint density at radius 2 is 1.75 bits per heavy atom. The fourth-order valence-corrected chi connectivity index (χ4v) is 2.00. The molecule has 0 saturated carbocycles. The summed E-state index contributed by atoms with van der Waals surface area (Å²) >= 11 is 0. The molecule has 0 fully saturated rings. The fourth-order valence-electron chi connectivity index (χ4n) is 2.00. The van der Waals surface area contributed by atoms with Crippen molar-refractivity contribution in [2.24, 2.45) is 0 Å². The van der Waals surface area contributed by atoms with E-state index >= 15 is 0 Å². The number of rotatable bonds is 6. The number of hydrogen-bond acceptors (Lipinski definition) is 3. The molecule has 1 aromatic heterocycles. The standard InChI is InChI=1S/C18H20FN3O2/c1-3-12(2)21-18(24)16-10-6-9-15(22-16)17(23)20-11-13-7-4-5-8-14(13)19/h4-10,12H,3,11H2,1-2H3,(H,20,23)(H,21,24). The molecule has 0 saturated heterocycles. The van der Waals surface area contributed by atoms with Crippen molar-refractivity contribution in [3.8, 4) is 0 Å². The third-order valence-corrected chi connectivity index (χ3v) is 3.60. The number of nitrogens with zero attached hydrogens (tertiary/aromatic N) is 1. The SMILES string of the molecule is CCC(C)NC(=O)c1cccc(C(=O)NCc2ccccc2F)n1. The normalized spacial score (nSPS) is 11.6. The van der Waals surface area contributed by atoms with Gasteiger partial charge in [0.05, 0.1) is 0 Å². The molecule has 0 aliphatic carbocycles. The number of pyridine rings is 1. The minimum atomic E-state index is -0.462. The summed E-state index contributed by atoms with van der Waals surface area (Å²) in [5, 5.41) is 5.40. The van der Waals surface area contributed by atoms with Gasteiger partial charge in [0.1, 0.15) is 17.2 Å². The van der Waals surface area contributed by atoms with E-state index in [0.717, 1.165) is 6.42 Å². The summed E-state index contributed by atoms with van der Waals surface area (Å²) in [6, 6.07) is 10.9. The van der Waals surface area contributed by atoms with E-state index in [0.29, 0.717) is 5.56 Å². The number of aromatic nitrogens is 1. The van der Waals surface area contributed by atoms with Crippen LogP contribution in [0.25, 0.3) is 0 Å². The Bertz CT molecular complexity index is 734. The lowest BCUT2D eigenvalue weighted by Crippen LogP contribution is -2.33. The van der Waals surface area contributed by atoms with Crippen LogP contribution in [0.15, 0.2) is 42.5 Å². The molecular formula is C18H20FN3O2. The monoisotopic (exact) mass is 329 g/mol. The highest BCUT2D eigenvalue weighted by Gasteiger charge is 2.14. The molecule has 0 bridgehead atoms. The minimum Gasteiger partial charge on any atom is -0.348 e. The van der Waals surface area contributed by atoms with Crippen LogP contribution < -0.4 is 10.6 Å². The summed E-state index contributed by atoms with van der Waals surface area (Å²) in [6.07, 6.45) is 0.800. The van der Waals surface area contributed by atoms with Gasteiger partial charge in [-0.25, -0.2) is 9.37 Å². The van der Waals surface area contributed by atoms with E-state index in [2.05, 4.69) is 15.6 Å². The van der Waals surface area contributed by atoms with E-state index in [1.54, 1.807) is 30.3 Å². The third kappa shape index (κ3) is 4.62. The van der Waals surface area contributed by atoms with Gasteiger partial charge in [-0.15, -0.1) is 0 Å². The first kappa shape index (κ1) is 17.6. The molecular weight excluding hydrogens is 309 g/mol. The molecule has 2 aromatic rings. The highest BCUT2D eigenvalue weighted by molar-refractivity contribution is 5.96. The van der Waals surface area contributed by atoms with Crippen molar-refractivity contribution in [2.45, 2.75) is 32.9 Å². The average molecular weight is 329 g/mol. The van der Waals surface area contributed by atoms with Crippen LogP contribution in [0.2, 0.25) is 0 Å². The molecule has 1 heterocycles. The number of nitrogens with one attached hydrogen (secondary N) is 2. The second-order valence-corrected chi connectivity index (χ2v) is 5.46. The highest BCUT2D eigenvalue weighted by atomic mass is 19.1. The van der Waals surface area contributed by atoms with Gasteiger partial charge in [-0.3, -0.25) is 9.59 Å². The maximum Gasteiger partial charge on any atom is 0.270 e. The lowest BCUT2D eigenvalue weighted by molar-refractivity contribution is 0.0933. The molecule has 0 radical (unpaired) electrons. The molecule has 1 atom stereocenters. The Balaban J connectivity index is 2.03. The van der Waals surface area contributed by atoms with E-state index in [9.17, 15) is 14.0 Å². The number of carbonyl (C=O) groups is 2. The molecule has 126 valence electrons. The largest absolute Gasteiger partial charge is 0.348 e. The van der Waals surface area contributed by atoms with Gasteiger partial charge in [0.15, 0.2) is 0 Å². The van der Waals surface area contributed by atoms with Crippen LogP contribution in [0.5, 0.6) is 0 Å². The van der Waals surface area contributed by atoms with Gasteiger partial charge in [-0.2, -0.15) is 0 Å². The molecule has 6 heteroatoms. The summed E-state index contributed by atoms with van der Waals surface area (Å²) in [4.78, 5) is 28.3. The van der Waals surface area contributed by atoms with Crippen molar-refractivity contribution in [3.05, 3.63) is 65.2 Å². The predicted octanol–water partition coefficient (Wildman–Crippen LogP) is 2.68. The maximum absolute atomic E-state index is 13.5. The number of carbonyl (C=O) groups excluding carboxylic acids is 2. The van der Waals surface area contributed by atoms with Crippen LogP contribution in [-0.4, -0.2) is 22.8 Å². The molecule has 0 aliphatic heterocycles. The smallest absolute Gasteiger partial charge is 0.270 e. The van der Waals surface area contributed by atoms with Gasteiger partial charge in [-0.05, 0) is 31.5 Å². The van der Waals surface area contributed by atoms with E-state index < -0.39 is 5.91 Å².